The number of carboxylic acids is 1. The van der Waals surface area contributed by atoms with Crippen molar-refractivity contribution in [3.63, 3.8) is 0 Å². The summed E-state index contributed by atoms with van der Waals surface area (Å²) < 4.78 is 0. The Hall–Kier alpha value is -1.61. The molecule has 0 atom stereocenters. The SMILES string of the molecule is C=C(C)C(C)(C)C(=C)/C=C(\C)c1ccc(C(=O)O)s1. The van der Waals surface area contributed by atoms with Crippen LogP contribution in [-0.2, 0) is 0 Å². The molecule has 0 saturated carbocycles. The Morgan fingerprint density at radius 3 is 2.21 bits per heavy atom. The standard InChI is InChI=1S/C16H20O2S/c1-10(2)16(5,6)12(4)9-11(3)13-7-8-14(19-13)15(17)18/h7-9H,1,4H2,2-3,5-6H3,(H,17,18)/b11-9+. The molecule has 3 heteroatoms. The van der Waals surface area contributed by atoms with E-state index in [1.54, 1.807) is 6.07 Å². The van der Waals surface area contributed by atoms with Gasteiger partial charge in [-0.3, -0.25) is 0 Å². The molecule has 0 radical (unpaired) electrons. The molecular formula is C16H20O2S. The van der Waals surface area contributed by atoms with Crippen LogP contribution in [0.3, 0.4) is 0 Å². The quantitative estimate of drug-likeness (QED) is 0.606. The molecule has 0 aromatic carbocycles. The van der Waals surface area contributed by atoms with E-state index >= 15 is 0 Å². The second-order valence-corrected chi connectivity index (χ2v) is 6.31. The highest BCUT2D eigenvalue weighted by Crippen LogP contribution is 2.35. The van der Waals surface area contributed by atoms with Crippen LogP contribution in [0.2, 0.25) is 0 Å². The molecule has 0 bridgehead atoms. The van der Waals surface area contributed by atoms with Crippen molar-refractivity contribution in [2.24, 2.45) is 5.41 Å². The van der Waals surface area contributed by atoms with Crippen LogP contribution in [-0.4, -0.2) is 11.1 Å². The van der Waals surface area contributed by atoms with E-state index < -0.39 is 5.97 Å². The van der Waals surface area contributed by atoms with E-state index in [0.29, 0.717) is 4.88 Å². The summed E-state index contributed by atoms with van der Waals surface area (Å²) in [5, 5.41) is 8.93. The monoisotopic (exact) mass is 276 g/mol. The minimum Gasteiger partial charge on any atom is -0.477 e. The molecule has 0 amide bonds. The highest BCUT2D eigenvalue weighted by Gasteiger charge is 2.21. The fourth-order valence-corrected chi connectivity index (χ4v) is 2.27. The lowest BCUT2D eigenvalue weighted by Gasteiger charge is -2.26. The summed E-state index contributed by atoms with van der Waals surface area (Å²) in [7, 11) is 0. The molecule has 0 unspecified atom stereocenters. The van der Waals surface area contributed by atoms with Gasteiger partial charge in [-0.1, -0.05) is 38.7 Å². The van der Waals surface area contributed by atoms with Gasteiger partial charge in [-0.15, -0.1) is 11.3 Å². The van der Waals surface area contributed by atoms with E-state index in [-0.39, 0.29) is 5.41 Å². The summed E-state index contributed by atoms with van der Waals surface area (Å²) in [5.41, 5.74) is 2.90. The predicted octanol–water partition coefficient (Wildman–Crippen LogP) is 5.01. The molecule has 0 aliphatic heterocycles. The summed E-state index contributed by atoms with van der Waals surface area (Å²) in [6.07, 6.45) is 2.01. The van der Waals surface area contributed by atoms with Gasteiger partial charge >= 0.3 is 5.97 Å². The molecule has 102 valence electrons. The van der Waals surface area contributed by atoms with Crippen molar-refractivity contribution in [2.45, 2.75) is 27.7 Å². The van der Waals surface area contributed by atoms with Crippen LogP contribution >= 0.6 is 11.3 Å². The number of hydrogen-bond acceptors (Lipinski definition) is 2. The third-order valence-electron chi connectivity index (χ3n) is 3.47. The van der Waals surface area contributed by atoms with Crippen molar-refractivity contribution in [1.29, 1.82) is 0 Å². The zero-order valence-electron chi connectivity index (χ0n) is 11.9. The Morgan fingerprint density at radius 2 is 1.79 bits per heavy atom. The number of allylic oxidation sites excluding steroid dienone is 4. The molecule has 0 aliphatic carbocycles. The molecule has 2 nitrogen and oxygen atoms in total. The van der Waals surface area contributed by atoms with Crippen LogP contribution in [0.4, 0.5) is 0 Å². The van der Waals surface area contributed by atoms with Crippen molar-refractivity contribution < 1.29 is 9.90 Å². The van der Waals surface area contributed by atoms with Gasteiger partial charge in [-0.05, 0) is 37.1 Å². The fraction of sp³-hybridized carbons (Fsp3) is 0.312. The summed E-state index contributed by atoms with van der Waals surface area (Å²) in [4.78, 5) is 12.2. The highest BCUT2D eigenvalue weighted by atomic mass is 32.1. The minimum atomic E-state index is -0.884. The fourth-order valence-electron chi connectivity index (χ4n) is 1.45. The lowest BCUT2D eigenvalue weighted by molar-refractivity contribution is 0.0702. The first-order valence-corrected chi connectivity index (χ1v) is 6.85. The van der Waals surface area contributed by atoms with Gasteiger partial charge in [-0.2, -0.15) is 0 Å². The molecule has 0 spiro atoms. The first-order valence-electron chi connectivity index (χ1n) is 6.03. The smallest absolute Gasteiger partial charge is 0.345 e. The van der Waals surface area contributed by atoms with Crippen molar-refractivity contribution in [3.8, 4) is 0 Å². The van der Waals surface area contributed by atoms with Crippen LogP contribution in [0, 0.1) is 5.41 Å². The Kier molecular flexibility index (Phi) is 4.53. The molecule has 1 aromatic heterocycles. The number of carbonyl (C=O) groups is 1. The minimum absolute atomic E-state index is 0.159. The van der Waals surface area contributed by atoms with E-state index in [1.807, 2.05) is 26.0 Å². The predicted molar refractivity (Wildman–Crippen MR) is 82.7 cm³/mol. The van der Waals surface area contributed by atoms with Crippen LogP contribution in [0.25, 0.3) is 5.57 Å². The maximum atomic E-state index is 10.9. The van der Waals surface area contributed by atoms with Gasteiger partial charge < -0.3 is 5.11 Å². The van der Waals surface area contributed by atoms with Crippen molar-refractivity contribution >= 4 is 22.9 Å². The number of thiophene rings is 1. The maximum Gasteiger partial charge on any atom is 0.345 e. The zero-order valence-corrected chi connectivity index (χ0v) is 12.7. The molecule has 0 aliphatic rings. The summed E-state index contributed by atoms with van der Waals surface area (Å²) in [6.45, 7) is 16.2. The number of hydrogen-bond donors (Lipinski definition) is 1. The lowest BCUT2D eigenvalue weighted by atomic mass is 9.78. The first kappa shape index (κ1) is 15.4. The largest absolute Gasteiger partial charge is 0.477 e. The van der Waals surface area contributed by atoms with Crippen LogP contribution in [0.1, 0.15) is 42.2 Å². The van der Waals surface area contributed by atoms with Crippen LogP contribution < -0.4 is 0 Å². The Balaban J connectivity index is 3.02. The van der Waals surface area contributed by atoms with Gasteiger partial charge in [0.25, 0.3) is 0 Å². The van der Waals surface area contributed by atoms with Gasteiger partial charge in [0.15, 0.2) is 0 Å². The zero-order chi connectivity index (χ0) is 14.8. The molecule has 1 aromatic rings. The average molecular weight is 276 g/mol. The topological polar surface area (TPSA) is 37.3 Å². The first-order chi connectivity index (χ1) is 8.66. The van der Waals surface area contributed by atoms with E-state index in [0.717, 1.165) is 21.6 Å². The molecular weight excluding hydrogens is 256 g/mol. The van der Waals surface area contributed by atoms with E-state index in [4.69, 9.17) is 5.11 Å². The third-order valence-corrected chi connectivity index (χ3v) is 4.67. The summed E-state index contributed by atoms with van der Waals surface area (Å²) >= 11 is 1.28. The van der Waals surface area contributed by atoms with Crippen molar-refractivity contribution in [1.82, 2.24) is 0 Å². The van der Waals surface area contributed by atoms with Gasteiger partial charge in [0.1, 0.15) is 4.88 Å². The lowest BCUT2D eigenvalue weighted by Crippen LogP contribution is -2.13. The average Bonchev–Trinajstić information content (AvgIpc) is 2.77. The normalized spacial score (nSPS) is 12.3. The molecule has 1 rings (SSSR count). The van der Waals surface area contributed by atoms with Gasteiger partial charge in [0.2, 0.25) is 0 Å². The Bertz CT molecular complexity index is 559. The maximum absolute atomic E-state index is 10.9. The Morgan fingerprint density at radius 1 is 1.26 bits per heavy atom. The number of aromatic carboxylic acids is 1. The summed E-state index contributed by atoms with van der Waals surface area (Å²) in [5.74, 6) is -0.884. The van der Waals surface area contributed by atoms with Gasteiger partial charge in [0.05, 0.1) is 0 Å². The van der Waals surface area contributed by atoms with E-state index in [1.165, 1.54) is 11.3 Å². The highest BCUT2D eigenvalue weighted by molar-refractivity contribution is 7.15. The molecule has 1 heterocycles. The van der Waals surface area contributed by atoms with Gasteiger partial charge in [-0.25, -0.2) is 4.79 Å². The third kappa shape index (κ3) is 3.44. The van der Waals surface area contributed by atoms with Gasteiger partial charge in [0, 0.05) is 10.3 Å². The number of rotatable bonds is 5. The molecule has 19 heavy (non-hydrogen) atoms. The van der Waals surface area contributed by atoms with E-state index in [2.05, 4.69) is 27.0 Å². The van der Waals surface area contributed by atoms with E-state index in [9.17, 15) is 4.79 Å². The molecule has 0 saturated heterocycles. The van der Waals surface area contributed by atoms with Crippen LogP contribution in [0.5, 0.6) is 0 Å². The second kappa shape index (κ2) is 5.57. The number of carboxylic acid groups (broad SMARTS) is 1. The second-order valence-electron chi connectivity index (χ2n) is 5.23. The summed E-state index contributed by atoms with van der Waals surface area (Å²) in [6, 6.07) is 3.47. The Labute approximate surface area is 118 Å². The van der Waals surface area contributed by atoms with Crippen molar-refractivity contribution in [3.05, 3.63) is 52.3 Å². The van der Waals surface area contributed by atoms with Crippen LogP contribution in [0.15, 0.2) is 42.5 Å². The molecule has 0 fully saturated rings. The van der Waals surface area contributed by atoms with Crippen molar-refractivity contribution in [2.75, 3.05) is 0 Å². The molecule has 1 N–H and O–H groups in total.